The van der Waals surface area contributed by atoms with Crippen LogP contribution in [0.15, 0.2) is 12.3 Å². The Morgan fingerprint density at radius 2 is 1.81 bits per heavy atom. The van der Waals surface area contributed by atoms with Crippen LogP contribution in [0, 0.1) is 6.92 Å². The molecule has 0 aromatic carbocycles. The van der Waals surface area contributed by atoms with Crippen molar-refractivity contribution in [2.45, 2.75) is 48.0 Å². The summed E-state index contributed by atoms with van der Waals surface area (Å²) in [6.45, 7) is 12.1. The van der Waals surface area contributed by atoms with Crippen LogP contribution in [0.2, 0.25) is 0 Å². The van der Waals surface area contributed by atoms with Gasteiger partial charge in [0.1, 0.15) is 5.82 Å². The first-order valence-corrected chi connectivity index (χ1v) is 6.11. The van der Waals surface area contributed by atoms with E-state index in [0.717, 1.165) is 23.4 Å². The van der Waals surface area contributed by atoms with E-state index >= 15 is 0 Å². The number of aromatic nitrogens is 3. The molecule has 3 heteroatoms. The van der Waals surface area contributed by atoms with Crippen LogP contribution in [-0.4, -0.2) is 15.0 Å². The molecule has 0 radical (unpaired) electrons. The molecule has 2 heterocycles. The number of hydrogen-bond acceptors (Lipinski definition) is 2. The van der Waals surface area contributed by atoms with Crippen LogP contribution < -0.4 is 0 Å². The van der Waals surface area contributed by atoms with Gasteiger partial charge in [-0.25, -0.2) is 9.97 Å². The number of pyridine rings is 1. The lowest BCUT2D eigenvalue weighted by Crippen LogP contribution is -1.80. The summed E-state index contributed by atoms with van der Waals surface area (Å²) in [6.07, 6.45) is 2.72. The topological polar surface area (TPSA) is 41.6 Å². The van der Waals surface area contributed by atoms with Crippen molar-refractivity contribution in [3.63, 3.8) is 0 Å². The van der Waals surface area contributed by atoms with Gasteiger partial charge in [-0.3, -0.25) is 0 Å². The number of hydrogen-bond donors (Lipinski definition) is 1. The van der Waals surface area contributed by atoms with E-state index in [4.69, 9.17) is 0 Å². The molecule has 0 fully saturated rings. The minimum atomic E-state index is 0.826. The van der Waals surface area contributed by atoms with Crippen LogP contribution in [-0.2, 0) is 6.42 Å². The third kappa shape index (κ3) is 3.33. The normalized spacial score (nSPS) is 8.88. The van der Waals surface area contributed by atoms with E-state index in [2.05, 4.69) is 28.8 Å². The lowest BCUT2D eigenvalue weighted by atomic mass is 10.3. The molecule has 0 saturated carbocycles. The Balaban J connectivity index is 0.000000509. The minimum absolute atomic E-state index is 0.826. The van der Waals surface area contributed by atoms with Crippen molar-refractivity contribution in [1.29, 1.82) is 0 Å². The zero-order valence-electron chi connectivity index (χ0n) is 11.3. The molecule has 16 heavy (non-hydrogen) atoms. The predicted octanol–water partition coefficient (Wildman–Crippen LogP) is 3.88. The summed E-state index contributed by atoms with van der Waals surface area (Å²) in [5, 5.41) is 0. The molecule has 0 atom stereocenters. The fourth-order valence-electron chi connectivity index (χ4n) is 1.25. The molecule has 0 aliphatic carbocycles. The number of fused-ring (bicyclic) bond motifs is 1. The van der Waals surface area contributed by atoms with Crippen molar-refractivity contribution in [2.75, 3.05) is 0 Å². The summed E-state index contributed by atoms with van der Waals surface area (Å²) in [5.41, 5.74) is 3.09. The third-order valence-electron chi connectivity index (χ3n) is 1.98. The first kappa shape index (κ1) is 14.6. The van der Waals surface area contributed by atoms with Crippen molar-refractivity contribution in [2.24, 2.45) is 0 Å². The Hall–Kier alpha value is -1.38. The van der Waals surface area contributed by atoms with Crippen molar-refractivity contribution in [3.8, 4) is 0 Å². The van der Waals surface area contributed by atoms with Gasteiger partial charge >= 0.3 is 0 Å². The second-order valence-electron chi connectivity index (χ2n) is 2.86. The van der Waals surface area contributed by atoms with E-state index in [0.29, 0.717) is 0 Å². The van der Waals surface area contributed by atoms with Crippen LogP contribution in [0.4, 0.5) is 0 Å². The molecule has 0 amide bonds. The van der Waals surface area contributed by atoms with Gasteiger partial charge in [-0.2, -0.15) is 0 Å². The fraction of sp³-hybridized carbons (Fsp3) is 0.538. The fourth-order valence-corrected chi connectivity index (χ4v) is 1.25. The van der Waals surface area contributed by atoms with Gasteiger partial charge in [0.2, 0.25) is 0 Å². The third-order valence-corrected chi connectivity index (χ3v) is 1.98. The molecule has 2 aromatic rings. The van der Waals surface area contributed by atoms with Crippen LogP contribution in [0.1, 0.15) is 46.0 Å². The van der Waals surface area contributed by atoms with E-state index in [1.54, 1.807) is 6.20 Å². The average molecular weight is 221 g/mol. The smallest absolute Gasteiger partial charge is 0.177 e. The highest BCUT2D eigenvalue weighted by Crippen LogP contribution is 2.12. The lowest BCUT2D eigenvalue weighted by molar-refractivity contribution is 0.997. The molecule has 0 spiro atoms. The summed E-state index contributed by atoms with van der Waals surface area (Å²) >= 11 is 0. The second-order valence-corrected chi connectivity index (χ2v) is 2.86. The maximum Gasteiger partial charge on any atom is 0.177 e. The Morgan fingerprint density at radius 3 is 2.31 bits per heavy atom. The van der Waals surface area contributed by atoms with Gasteiger partial charge in [0.25, 0.3) is 0 Å². The van der Waals surface area contributed by atoms with E-state index in [1.165, 1.54) is 5.56 Å². The summed E-state index contributed by atoms with van der Waals surface area (Å²) in [4.78, 5) is 11.7. The molecular formula is C13H23N3. The number of imidazole rings is 1. The lowest BCUT2D eigenvalue weighted by Gasteiger charge is -1.90. The largest absolute Gasteiger partial charge is 0.340 e. The SMILES string of the molecule is CC.CC.CCc1nc2nccc(C)c2[nH]1. The maximum absolute atomic E-state index is 4.33. The zero-order valence-corrected chi connectivity index (χ0v) is 11.3. The van der Waals surface area contributed by atoms with Crippen molar-refractivity contribution in [1.82, 2.24) is 15.0 Å². The highest BCUT2D eigenvalue weighted by Gasteiger charge is 2.02. The first-order chi connectivity index (χ1) is 7.81. The Morgan fingerprint density at radius 1 is 1.19 bits per heavy atom. The average Bonchev–Trinajstić information content (AvgIpc) is 2.79. The van der Waals surface area contributed by atoms with Gasteiger partial charge in [-0.15, -0.1) is 0 Å². The number of rotatable bonds is 1. The van der Waals surface area contributed by atoms with E-state index in [1.807, 2.05) is 33.8 Å². The van der Waals surface area contributed by atoms with E-state index < -0.39 is 0 Å². The Kier molecular flexibility index (Phi) is 7.18. The maximum atomic E-state index is 4.33. The number of aromatic amines is 1. The molecule has 0 saturated heterocycles. The van der Waals surface area contributed by atoms with E-state index in [-0.39, 0.29) is 0 Å². The van der Waals surface area contributed by atoms with Gasteiger partial charge in [-0.1, -0.05) is 34.6 Å². The molecule has 0 aliphatic heterocycles. The molecule has 0 bridgehead atoms. The number of nitrogens with one attached hydrogen (secondary N) is 1. The monoisotopic (exact) mass is 221 g/mol. The van der Waals surface area contributed by atoms with Crippen LogP contribution in [0.5, 0.6) is 0 Å². The Bertz CT molecular complexity index is 404. The van der Waals surface area contributed by atoms with Gasteiger partial charge in [0.05, 0.1) is 5.52 Å². The van der Waals surface area contributed by atoms with Crippen LogP contribution in [0.25, 0.3) is 11.2 Å². The van der Waals surface area contributed by atoms with Crippen molar-refractivity contribution < 1.29 is 0 Å². The molecule has 90 valence electrons. The van der Waals surface area contributed by atoms with Gasteiger partial charge in [0, 0.05) is 12.6 Å². The van der Waals surface area contributed by atoms with Crippen molar-refractivity contribution >= 4 is 11.2 Å². The molecule has 2 rings (SSSR count). The molecule has 0 aliphatic rings. The van der Waals surface area contributed by atoms with Gasteiger partial charge in [0.15, 0.2) is 5.65 Å². The Labute approximate surface area is 98.3 Å². The highest BCUT2D eigenvalue weighted by molar-refractivity contribution is 5.74. The number of H-pyrrole nitrogens is 1. The quantitative estimate of drug-likeness (QED) is 0.794. The van der Waals surface area contributed by atoms with Gasteiger partial charge < -0.3 is 4.98 Å². The second kappa shape index (κ2) is 7.85. The predicted molar refractivity (Wildman–Crippen MR) is 70.7 cm³/mol. The van der Waals surface area contributed by atoms with Gasteiger partial charge in [-0.05, 0) is 18.6 Å². The zero-order chi connectivity index (χ0) is 12.6. The van der Waals surface area contributed by atoms with E-state index in [9.17, 15) is 0 Å². The van der Waals surface area contributed by atoms with Crippen LogP contribution >= 0.6 is 0 Å². The number of nitrogens with zero attached hydrogens (tertiary/aromatic N) is 2. The summed E-state index contributed by atoms with van der Waals surface area (Å²) < 4.78 is 0. The highest BCUT2D eigenvalue weighted by atomic mass is 15.0. The van der Waals surface area contributed by atoms with Crippen LogP contribution in [0.3, 0.4) is 0 Å². The molecule has 3 nitrogen and oxygen atoms in total. The first-order valence-electron chi connectivity index (χ1n) is 6.11. The molecule has 1 N–H and O–H groups in total. The summed E-state index contributed by atoms with van der Waals surface area (Å²) in [7, 11) is 0. The minimum Gasteiger partial charge on any atom is -0.340 e. The standard InChI is InChI=1S/C9H11N3.2C2H6/c1-3-7-11-8-6(2)4-5-10-9(8)12-7;2*1-2/h4-5H,3H2,1-2H3,(H,10,11,12);2*1-2H3. The van der Waals surface area contributed by atoms with Crippen molar-refractivity contribution in [3.05, 3.63) is 23.7 Å². The molecule has 2 aromatic heterocycles. The molecule has 0 unspecified atom stereocenters. The molecular weight excluding hydrogens is 198 g/mol. The number of aryl methyl sites for hydroxylation is 2. The summed E-state index contributed by atoms with van der Waals surface area (Å²) in [6, 6.07) is 1.99. The summed E-state index contributed by atoms with van der Waals surface area (Å²) in [5.74, 6) is 1.01.